The van der Waals surface area contributed by atoms with E-state index >= 15 is 4.79 Å². The highest BCUT2D eigenvalue weighted by atomic mass is 35.5. The summed E-state index contributed by atoms with van der Waals surface area (Å²) in [6.45, 7) is 13.7. The first-order chi connectivity index (χ1) is 26.3. The number of likely N-dealkylation sites (tertiary alicyclic amines) is 1. The van der Waals surface area contributed by atoms with Gasteiger partial charge in [0, 0.05) is 64.5 Å². The number of halogens is 2. The van der Waals surface area contributed by atoms with Gasteiger partial charge in [-0.15, -0.1) is 0 Å². The minimum Gasteiger partial charge on any atom is -0.494 e. The van der Waals surface area contributed by atoms with Crippen molar-refractivity contribution in [1.82, 2.24) is 24.2 Å². The van der Waals surface area contributed by atoms with Crippen LogP contribution in [0.5, 0.6) is 5.75 Å². The Labute approximate surface area is 330 Å². The van der Waals surface area contributed by atoms with E-state index in [2.05, 4.69) is 44.4 Å². The molecule has 286 valence electrons. The fourth-order valence-corrected chi connectivity index (χ4v) is 9.31. The maximum Gasteiger partial charge on any atom is 0.335 e. The maximum atomic E-state index is 15.3. The van der Waals surface area contributed by atoms with E-state index in [1.807, 2.05) is 62.9 Å². The van der Waals surface area contributed by atoms with Crippen molar-refractivity contribution in [3.05, 3.63) is 98.0 Å². The van der Waals surface area contributed by atoms with Crippen molar-refractivity contribution in [2.45, 2.75) is 66.5 Å². The Morgan fingerprint density at radius 2 is 1.78 bits per heavy atom. The third-order valence-corrected chi connectivity index (χ3v) is 12.4. The summed E-state index contributed by atoms with van der Waals surface area (Å²) in [5.41, 5.74) is 9.75. The molecule has 10 nitrogen and oxygen atoms in total. The number of ether oxygens (including phenoxy) is 1. The van der Waals surface area contributed by atoms with Gasteiger partial charge in [0.25, 0.3) is 5.91 Å². The number of rotatable bonds is 10. The number of H-pyrrole nitrogens is 1. The van der Waals surface area contributed by atoms with Crippen molar-refractivity contribution in [3.8, 4) is 16.9 Å². The molecule has 5 heterocycles. The minimum atomic E-state index is -1.00. The molecule has 2 aliphatic heterocycles. The third kappa shape index (κ3) is 6.48. The number of aryl methyl sites for hydroxylation is 5. The van der Waals surface area contributed by atoms with E-state index in [4.69, 9.17) is 27.9 Å². The van der Waals surface area contributed by atoms with Crippen LogP contribution in [0.1, 0.15) is 74.7 Å². The quantitative estimate of drug-likeness (QED) is 0.134. The number of carbonyl (C=O) groups is 2. The summed E-state index contributed by atoms with van der Waals surface area (Å²) in [5.74, 6) is 0.0930. The summed E-state index contributed by atoms with van der Waals surface area (Å²) in [4.78, 5) is 31.7. The summed E-state index contributed by atoms with van der Waals surface area (Å²) in [7, 11) is 2.14. The van der Waals surface area contributed by atoms with E-state index in [-0.39, 0.29) is 17.5 Å². The van der Waals surface area contributed by atoms with Gasteiger partial charge in [0.1, 0.15) is 11.4 Å². The van der Waals surface area contributed by atoms with Gasteiger partial charge in [-0.1, -0.05) is 29.3 Å². The average molecular weight is 782 g/mol. The number of amides is 1. The number of anilines is 1. The van der Waals surface area contributed by atoms with Crippen LogP contribution in [-0.2, 0) is 13.0 Å². The monoisotopic (exact) mass is 780 g/mol. The number of aromatic carboxylic acids is 1. The predicted molar refractivity (Wildman–Crippen MR) is 220 cm³/mol. The summed E-state index contributed by atoms with van der Waals surface area (Å²) in [6.07, 6.45) is 4.39. The average Bonchev–Trinajstić information content (AvgIpc) is 3.91. The molecule has 55 heavy (non-hydrogen) atoms. The lowest BCUT2D eigenvalue weighted by Crippen LogP contribution is -2.42. The molecule has 1 fully saturated rings. The number of carboxylic acids is 1. The van der Waals surface area contributed by atoms with Gasteiger partial charge in [-0.25, -0.2) is 4.79 Å². The second-order valence-electron chi connectivity index (χ2n) is 15.5. The zero-order chi connectivity index (χ0) is 38.9. The topological polar surface area (TPSA) is 109 Å². The van der Waals surface area contributed by atoms with E-state index < -0.39 is 5.97 Å². The normalized spacial score (nSPS) is 17.5. The van der Waals surface area contributed by atoms with Crippen LogP contribution in [-0.4, -0.2) is 74.5 Å². The highest BCUT2D eigenvalue weighted by molar-refractivity contribution is 6.35. The van der Waals surface area contributed by atoms with Gasteiger partial charge in [0.15, 0.2) is 0 Å². The van der Waals surface area contributed by atoms with Gasteiger partial charge in [0.2, 0.25) is 0 Å². The lowest BCUT2D eigenvalue weighted by atomic mass is 9.98. The molecule has 0 aliphatic carbocycles. The molecule has 0 spiro atoms. The van der Waals surface area contributed by atoms with E-state index in [0.717, 1.165) is 104 Å². The molecule has 0 unspecified atom stereocenters. The zero-order valence-electron chi connectivity index (χ0n) is 32.1. The molecule has 2 aliphatic rings. The molecule has 2 N–H and O–H groups in total. The zero-order valence-corrected chi connectivity index (χ0v) is 33.6. The second kappa shape index (κ2) is 14.4. The van der Waals surface area contributed by atoms with Crippen LogP contribution in [0.15, 0.2) is 48.7 Å². The number of carbonyl (C=O) groups excluding carboxylic acids is 1. The largest absolute Gasteiger partial charge is 0.494 e. The van der Waals surface area contributed by atoms with Gasteiger partial charge in [-0.2, -0.15) is 5.10 Å². The van der Waals surface area contributed by atoms with Gasteiger partial charge >= 0.3 is 5.97 Å². The van der Waals surface area contributed by atoms with Crippen LogP contribution in [0.4, 0.5) is 5.69 Å². The fourth-order valence-electron chi connectivity index (χ4n) is 8.95. The molecule has 3 aromatic heterocycles. The number of nitrogens with one attached hydrogen (secondary N) is 1. The number of aromatic nitrogens is 4. The Kier molecular flexibility index (Phi) is 9.72. The lowest BCUT2D eigenvalue weighted by Gasteiger charge is -2.34. The number of hydrogen-bond donors (Lipinski definition) is 2. The molecule has 0 radical (unpaired) electrons. The Balaban J connectivity index is 1.25. The van der Waals surface area contributed by atoms with E-state index in [1.165, 1.54) is 0 Å². The number of nitrogens with zero attached hydrogens (tertiary/aromatic N) is 5. The third-order valence-electron chi connectivity index (χ3n) is 11.5. The second-order valence-corrected chi connectivity index (χ2v) is 16.3. The molecule has 12 heteroatoms. The number of benzene rings is 3. The predicted octanol–water partition coefficient (Wildman–Crippen LogP) is 9.41. The fraction of sp³-hybridized carbons (Fsp3) is 0.372. The summed E-state index contributed by atoms with van der Waals surface area (Å²) in [5, 5.41) is 20.7. The highest BCUT2D eigenvalue weighted by Gasteiger charge is 2.38. The molecule has 1 saturated heterocycles. The minimum absolute atomic E-state index is 0.128. The van der Waals surface area contributed by atoms with Gasteiger partial charge in [-0.3, -0.25) is 9.89 Å². The molecule has 0 bridgehead atoms. The van der Waals surface area contributed by atoms with Gasteiger partial charge in [0.05, 0.1) is 39.6 Å². The Bertz CT molecular complexity index is 2470. The van der Waals surface area contributed by atoms with E-state index in [9.17, 15) is 9.90 Å². The molecule has 0 saturated carbocycles. The summed E-state index contributed by atoms with van der Waals surface area (Å²) in [6, 6.07) is 13.0. The van der Waals surface area contributed by atoms with E-state index in [1.54, 1.807) is 12.1 Å². The van der Waals surface area contributed by atoms with Crippen LogP contribution in [0.25, 0.3) is 32.9 Å². The number of fused-ring (bicyclic) bond motifs is 4. The van der Waals surface area contributed by atoms with Crippen LogP contribution < -0.4 is 9.64 Å². The van der Waals surface area contributed by atoms with Crippen LogP contribution in [0.2, 0.25) is 10.0 Å². The highest BCUT2D eigenvalue weighted by Crippen LogP contribution is 2.45. The Morgan fingerprint density at radius 3 is 2.45 bits per heavy atom. The molecule has 1 amide bonds. The first-order valence-corrected chi connectivity index (χ1v) is 19.7. The molecule has 8 rings (SSSR count). The van der Waals surface area contributed by atoms with Crippen LogP contribution >= 0.6 is 23.2 Å². The summed E-state index contributed by atoms with van der Waals surface area (Å²) < 4.78 is 10.6. The number of aromatic amines is 1. The number of carboxylic acid groups (broad SMARTS) is 1. The first-order valence-electron chi connectivity index (χ1n) is 19.0. The smallest absolute Gasteiger partial charge is 0.335 e. The first kappa shape index (κ1) is 37.2. The SMILES string of the molecule is Cc1cc(OCCCc2c3n(c4c(-c5c(C)n[nH]c5C)c(Cl)ccc24)[C@H](C)CN(c2cn(C[C@@H]4CCN(C)C4)c4ccc(C(=O)O)cc24)C3=O)cc(C)c1Cl. The Hall–Kier alpha value is -4.77. The molecule has 6 aromatic rings. The maximum absolute atomic E-state index is 15.3. The summed E-state index contributed by atoms with van der Waals surface area (Å²) >= 11 is 13.5. The van der Waals surface area contributed by atoms with Crippen molar-refractivity contribution in [1.29, 1.82) is 0 Å². The van der Waals surface area contributed by atoms with Crippen molar-refractivity contribution in [2.75, 3.05) is 38.2 Å². The number of hydrogen-bond acceptors (Lipinski definition) is 5. The van der Waals surface area contributed by atoms with E-state index in [0.29, 0.717) is 42.6 Å². The Morgan fingerprint density at radius 1 is 1.02 bits per heavy atom. The van der Waals surface area contributed by atoms with Crippen molar-refractivity contribution < 1.29 is 19.4 Å². The van der Waals surface area contributed by atoms with Gasteiger partial charge in [-0.05, 0) is 126 Å². The van der Waals surface area contributed by atoms with Gasteiger partial charge < -0.3 is 28.8 Å². The van der Waals surface area contributed by atoms with Crippen molar-refractivity contribution in [3.63, 3.8) is 0 Å². The molecular weight excluding hydrogens is 735 g/mol. The van der Waals surface area contributed by atoms with Crippen LogP contribution in [0, 0.1) is 33.6 Å². The van der Waals surface area contributed by atoms with Crippen molar-refractivity contribution in [2.24, 2.45) is 5.92 Å². The standard InChI is InChI=1S/C43H46Cl2N6O4/c1-23-16-30(17-24(2)39(23)45)55-15-7-8-31-32-10-11-34(44)38(37-26(4)46-47-27(37)5)40(32)51-25(3)19-50(42(52)41(31)51)36-22-49(21-28-13-14-48(6)20-28)35-12-9-29(43(53)54)18-33(35)36/h9-12,16-18,22,25,28H,7-8,13-15,19-21H2,1-6H3,(H,46,47)(H,53,54)/t25-,28-/m1/s1. The van der Waals surface area contributed by atoms with Crippen LogP contribution in [0.3, 0.4) is 0 Å². The molecule has 2 atom stereocenters. The lowest BCUT2D eigenvalue weighted by molar-refractivity contribution is 0.0696. The molecular formula is C43H46Cl2N6O4. The van der Waals surface area contributed by atoms with Crippen molar-refractivity contribution >= 4 is 62.6 Å². The molecule has 3 aromatic carbocycles.